The third-order valence-corrected chi connectivity index (χ3v) is 5.76. The molecular weight excluding hydrogens is 228 g/mol. The van der Waals surface area contributed by atoms with Crippen LogP contribution in [0.5, 0.6) is 0 Å². The van der Waals surface area contributed by atoms with Gasteiger partial charge in [0.2, 0.25) is 0 Å². The molecule has 0 atom stereocenters. The van der Waals surface area contributed by atoms with Gasteiger partial charge in [0.05, 0.1) is 5.41 Å². The number of aliphatic carboxylic acids is 1. The van der Waals surface area contributed by atoms with Gasteiger partial charge in [-0.1, -0.05) is 35.4 Å². The quantitative estimate of drug-likeness (QED) is 0.772. The maximum absolute atomic E-state index is 11.1. The van der Waals surface area contributed by atoms with E-state index in [-0.39, 0.29) is 5.41 Å². The van der Waals surface area contributed by atoms with Gasteiger partial charge >= 0.3 is 5.97 Å². The van der Waals surface area contributed by atoms with E-state index in [1.165, 1.54) is 0 Å². The Morgan fingerprint density at radius 1 is 1.27 bits per heavy atom. The molecule has 1 rings (SSSR count). The summed E-state index contributed by atoms with van der Waals surface area (Å²) in [5, 5.41) is 9.14. The van der Waals surface area contributed by atoms with Crippen LogP contribution in [-0.4, -0.2) is 22.6 Å². The van der Waals surface area contributed by atoms with Crippen LogP contribution >= 0.6 is 21.6 Å². The first-order valence-electron chi connectivity index (χ1n) is 5.23. The number of carboxylic acids is 1. The van der Waals surface area contributed by atoms with Crippen molar-refractivity contribution in [3.63, 3.8) is 0 Å². The summed E-state index contributed by atoms with van der Waals surface area (Å²) in [6.07, 6.45) is 0.751. The Balaban J connectivity index is 2.66. The number of rotatable bonds is 4. The largest absolute Gasteiger partial charge is 0.481 e. The van der Waals surface area contributed by atoms with Crippen molar-refractivity contribution in [3.05, 3.63) is 0 Å². The van der Waals surface area contributed by atoms with E-state index in [1.807, 2.05) is 35.4 Å². The number of carbonyl (C=O) groups is 1. The van der Waals surface area contributed by atoms with Gasteiger partial charge in [-0.05, 0) is 31.6 Å². The molecule has 0 aromatic carbocycles. The highest BCUT2D eigenvalue weighted by Crippen LogP contribution is 2.48. The van der Waals surface area contributed by atoms with E-state index in [4.69, 9.17) is 5.11 Å². The van der Waals surface area contributed by atoms with Crippen LogP contribution in [-0.2, 0) is 4.79 Å². The molecule has 15 heavy (non-hydrogen) atoms. The smallest absolute Gasteiger partial charge is 0.309 e. The first-order valence-corrected chi connectivity index (χ1v) is 7.72. The normalized spacial score (nSPS) is 19.5. The summed E-state index contributed by atoms with van der Waals surface area (Å²) in [6.45, 7) is 8.06. The Hall–Kier alpha value is 0.170. The SMILES string of the molecule is CC(C)(CC(C)(C)C1CSSC1)C(=O)O. The second-order valence-corrected chi connectivity index (χ2v) is 8.17. The van der Waals surface area contributed by atoms with Crippen LogP contribution < -0.4 is 0 Å². The minimum Gasteiger partial charge on any atom is -0.481 e. The van der Waals surface area contributed by atoms with E-state index >= 15 is 0 Å². The molecule has 4 heteroatoms. The molecule has 0 amide bonds. The van der Waals surface area contributed by atoms with Gasteiger partial charge in [0.1, 0.15) is 0 Å². The van der Waals surface area contributed by atoms with Crippen molar-refractivity contribution in [1.82, 2.24) is 0 Å². The Morgan fingerprint density at radius 2 is 1.73 bits per heavy atom. The maximum atomic E-state index is 11.1. The molecule has 0 unspecified atom stereocenters. The van der Waals surface area contributed by atoms with E-state index in [2.05, 4.69) is 13.8 Å². The lowest BCUT2D eigenvalue weighted by molar-refractivity contribution is -0.149. The van der Waals surface area contributed by atoms with Gasteiger partial charge in [0.25, 0.3) is 0 Å². The lowest BCUT2D eigenvalue weighted by Crippen LogP contribution is -2.35. The summed E-state index contributed by atoms with van der Waals surface area (Å²) in [4.78, 5) is 11.1. The predicted molar refractivity (Wildman–Crippen MR) is 68.2 cm³/mol. The zero-order chi connectivity index (χ0) is 11.7. The highest BCUT2D eigenvalue weighted by Gasteiger charge is 2.40. The molecule has 0 radical (unpaired) electrons. The van der Waals surface area contributed by atoms with Crippen molar-refractivity contribution in [1.29, 1.82) is 0 Å². The predicted octanol–water partition coefficient (Wildman–Crippen LogP) is 3.52. The summed E-state index contributed by atoms with van der Waals surface area (Å²) in [5.41, 5.74) is -0.486. The number of carboxylic acid groups (broad SMARTS) is 1. The van der Waals surface area contributed by atoms with Crippen LogP contribution in [0.2, 0.25) is 0 Å². The van der Waals surface area contributed by atoms with E-state index in [9.17, 15) is 4.79 Å². The van der Waals surface area contributed by atoms with Crippen molar-refractivity contribution >= 4 is 27.6 Å². The number of hydrogen-bond acceptors (Lipinski definition) is 3. The second kappa shape index (κ2) is 4.58. The Labute approximate surface area is 100.0 Å². The molecule has 1 heterocycles. The molecule has 1 aliphatic heterocycles. The molecule has 0 aromatic heterocycles. The average Bonchev–Trinajstić information content (AvgIpc) is 2.53. The molecule has 1 aliphatic rings. The summed E-state index contributed by atoms with van der Waals surface area (Å²) < 4.78 is 0. The van der Waals surface area contributed by atoms with Crippen LogP contribution in [0.25, 0.3) is 0 Å². The van der Waals surface area contributed by atoms with Crippen molar-refractivity contribution in [2.75, 3.05) is 11.5 Å². The van der Waals surface area contributed by atoms with E-state index in [1.54, 1.807) is 0 Å². The summed E-state index contributed by atoms with van der Waals surface area (Å²) in [6, 6.07) is 0. The minimum absolute atomic E-state index is 0.123. The van der Waals surface area contributed by atoms with Gasteiger partial charge in [0.15, 0.2) is 0 Å². The van der Waals surface area contributed by atoms with E-state index in [0.717, 1.165) is 17.9 Å². The molecule has 0 aliphatic carbocycles. The molecule has 0 spiro atoms. The van der Waals surface area contributed by atoms with Crippen molar-refractivity contribution < 1.29 is 9.90 Å². The topological polar surface area (TPSA) is 37.3 Å². The van der Waals surface area contributed by atoms with Crippen LogP contribution in [0.4, 0.5) is 0 Å². The Morgan fingerprint density at radius 3 is 2.13 bits per heavy atom. The van der Waals surface area contributed by atoms with E-state index < -0.39 is 11.4 Å². The van der Waals surface area contributed by atoms with Crippen LogP contribution in [0.3, 0.4) is 0 Å². The molecule has 88 valence electrons. The summed E-state index contributed by atoms with van der Waals surface area (Å²) in [5.74, 6) is 2.28. The first kappa shape index (κ1) is 13.2. The number of hydrogen-bond donors (Lipinski definition) is 1. The molecule has 1 saturated heterocycles. The van der Waals surface area contributed by atoms with Gasteiger partial charge in [-0.15, -0.1) is 0 Å². The Kier molecular flexibility index (Phi) is 4.04. The Bertz CT molecular complexity index is 243. The van der Waals surface area contributed by atoms with Gasteiger partial charge in [0, 0.05) is 11.5 Å². The summed E-state index contributed by atoms with van der Waals surface area (Å²) >= 11 is 0. The highest BCUT2D eigenvalue weighted by atomic mass is 33.1. The van der Waals surface area contributed by atoms with Gasteiger partial charge < -0.3 is 5.11 Å². The molecular formula is C11H20O2S2. The van der Waals surface area contributed by atoms with E-state index in [0.29, 0.717) is 5.92 Å². The van der Waals surface area contributed by atoms with Crippen molar-refractivity contribution in [2.45, 2.75) is 34.1 Å². The molecule has 1 fully saturated rings. The zero-order valence-electron chi connectivity index (χ0n) is 9.87. The van der Waals surface area contributed by atoms with Gasteiger partial charge in [-0.3, -0.25) is 4.79 Å². The fourth-order valence-electron chi connectivity index (χ4n) is 2.12. The van der Waals surface area contributed by atoms with Crippen molar-refractivity contribution in [2.24, 2.45) is 16.7 Å². The lowest BCUT2D eigenvalue weighted by atomic mass is 9.69. The molecule has 0 aromatic rings. The molecule has 2 nitrogen and oxygen atoms in total. The van der Waals surface area contributed by atoms with Crippen LogP contribution in [0.15, 0.2) is 0 Å². The molecule has 0 saturated carbocycles. The average molecular weight is 248 g/mol. The van der Waals surface area contributed by atoms with Crippen molar-refractivity contribution in [3.8, 4) is 0 Å². The van der Waals surface area contributed by atoms with Gasteiger partial charge in [-0.25, -0.2) is 0 Å². The third kappa shape index (κ3) is 3.31. The monoisotopic (exact) mass is 248 g/mol. The minimum atomic E-state index is -0.686. The molecule has 1 N–H and O–H groups in total. The first-order chi connectivity index (χ1) is 6.76. The highest BCUT2D eigenvalue weighted by molar-refractivity contribution is 8.77. The third-order valence-electron chi connectivity index (χ3n) is 3.20. The lowest BCUT2D eigenvalue weighted by Gasteiger charge is -2.36. The standard InChI is InChI=1S/C11H20O2S2/c1-10(2,8-5-14-15-6-8)7-11(3,4)9(12)13/h8H,5-7H2,1-4H3,(H,12,13). The van der Waals surface area contributed by atoms with Gasteiger partial charge in [-0.2, -0.15) is 0 Å². The maximum Gasteiger partial charge on any atom is 0.309 e. The second-order valence-electron chi connectivity index (χ2n) is 5.62. The molecule has 0 bridgehead atoms. The fraction of sp³-hybridized carbons (Fsp3) is 0.909. The van der Waals surface area contributed by atoms with Crippen LogP contribution in [0.1, 0.15) is 34.1 Å². The van der Waals surface area contributed by atoms with Crippen LogP contribution in [0, 0.1) is 16.7 Å². The zero-order valence-corrected chi connectivity index (χ0v) is 11.5. The summed E-state index contributed by atoms with van der Waals surface area (Å²) in [7, 11) is 3.83. The fourth-order valence-corrected chi connectivity index (χ4v) is 5.49.